The van der Waals surface area contributed by atoms with Gasteiger partial charge >= 0.3 is 0 Å². The lowest BCUT2D eigenvalue weighted by Gasteiger charge is -2.19. The number of nitrogens with zero attached hydrogens (tertiary/aromatic N) is 2. The number of nitrogens with one attached hydrogen (secondary N) is 1. The number of benzene rings is 2. The molecule has 1 heterocycles. The highest BCUT2D eigenvalue weighted by molar-refractivity contribution is 7.83. The van der Waals surface area contributed by atoms with Crippen LogP contribution >= 0.6 is 23.2 Å². The Bertz CT molecular complexity index is 1030. The van der Waals surface area contributed by atoms with E-state index in [4.69, 9.17) is 28.9 Å². The molecule has 2 unspecified atom stereocenters. The summed E-state index contributed by atoms with van der Waals surface area (Å²) in [5, 5.41) is 10.9. The molecule has 140 valence electrons. The SMILES string of the molecule is CCC(Cn1cc(C#N)c2ccccc21)NS(=O)c1c(N)cc(Cl)cc1Cl. The van der Waals surface area contributed by atoms with Gasteiger partial charge in [-0.05, 0) is 24.6 Å². The molecule has 0 aliphatic heterocycles. The number of halogens is 2. The molecule has 0 aliphatic rings. The number of rotatable bonds is 6. The summed E-state index contributed by atoms with van der Waals surface area (Å²) in [5.41, 5.74) is 7.81. The van der Waals surface area contributed by atoms with Crippen molar-refractivity contribution in [3.63, 3.8) is 0 Å². The normalized spacial score (nSPS) is 13.4. The summed E-state index contributed by atoms with van der Waals surface area (Å²) < 4.78 is 17.9. The average Bonchev–Trinajstić information content (AvgIpc) is 2.98. The first kappa shape index (κ1) is 19.7. The molecule has 27 heavy (non-hydrogen) atoms. The Kier molecular flexibility index (Phi) is 6.08. The van der Waals surface area contributed by atoms with Crippen molar-refractivity contribution in [2.75, 3.05) is 5.73 Å². The quantitative estimate of drug-likeness (QED) is 0.575. The number of hydrogen-bond donors (Lipinski definition) is 2. The first-order valence-electron chi connectivity index (χ1n) is 8.35. The Morgan fingerprint density at radius 2 is 2.07 bits per heavy atom. The molecule has 0 saturated heterocycles. The third-order valence-corrected chi connectivity index (χ3v) is 6.32. The lowest BCUT2D eigenvalue weighted by molar-refractivity contribution is 0.512. The Hall–Kier alpha value is -2.04. The van der Waals surface area contributed by atoms with Crippen LogP contribution in [0.2, 0.25) is 10.0 Å². The zero-order valence-electron chi connectivity index (χ0n) is 14.6. The smallest absolute Gasteiger partial charge is 0.128 e. The standard InChI is InChI=1S/C19H18Cl2N4OS/c1-2-14(24-27(26)19-16(21)7-13(20)8-17(19)23)11-25-10-12(9-22)15-5-3-4-6-18(15)25/h3-8,10,14,24H,2,11,23H2,1H3. The summed E-state index contributed by atoms with van der Waals surface area (Å²) >= 11 is 12.1. The Balaban J connectivity index is 1.85. The Morgan fingerprint density at radius 1 is 1.33 bits per heavy atom. The van der Waals surface area contributed by atoms with Crippen LogP contribution in [0.3, 0.4) is 0 Å². The Morgan fingerprint density at radius 3 is 2.74 bits per heavy atom. The fourth-order valence-corrected chi connectivity index (χ4v) is 4.85. The number of aromatic nitrogens is 1. The van der Waals surface area contributed by atoms with Crippen molar-refractivity contribution in [3.8, 4) is 6.07 Å². The number of nitrogen functional groups attached to an aromatic ring is 1. The number of hydrogen-bond acceptors (Lipinski definition) is 3. The molecule has 0 amide bonds. The summed E-state index contributed by atoms with van der Waals surface area (Å²) in [6.45, 7) is 2.55. The fraction of sp³-hybridized carbons (Fsp3) is 0.211. The van der Waals surface area contributed by atoms with Crippen LogP contribution in [-0.4, -0.2) is 14.8 Å². The molecule has 3 rings (SSSR count). The predicted molar refractivity (Wildman–Crippen MR) is 111 cm³/mol. The van der Waals surface area contributed by atoms with Gasteiger partial charge < -0.3 is 10.3 Å². The zero-order valence-corrected chi connectivity index (χ0v) is 16.9. The van der Waals surface area contributed by atoms with Crippen LogP contribution in [0.5, 0.6) is 0 Å². The van der Waals surface area contributed by atoms with Gasteiger partial charge in [-0.2, -0.15) is 5.26 Å². The topological polar surface area (TPSA) is 83.8 Å². The van der Waals surface area contributed by atoms with Gasteiger partial charge in [0.1, 0.15) is 17.1 Å². The minimum absolute atomic E-state index is 0.112. The summed E-state index contributed by atoms with van der Waals surface area (Å²) in [5.74, 6) is 0. The maximum absolute atomic E-state index is 12.8. The molecule has 2 atom stereocenters. The van der Waals surface area contributed by atoms with Crippen LogP contribution in [0.4, 0.5) is 5.69 Å². The zero-order chi connectivity index (χ0) is 19.6. The highest BCUT2D eigenvalue weighted by atomic mass is 35.5. The van der Waals surface area contributed by atoms with Crippen molar-refractivity contribution in [2.24, 2.45) is 0 Å². The fourth-order valence-electron chi connectivity index (χ4n) is 2.96. The second-order valence-corrected chi connectivity index (χ2v) is 8.15. The minimum Gasteiger partial charge on any atom is -0.398 e. The van der Waals surface area contributed by atoms with E-state index in [0.29, 0.717) is 22.0 Å². The second-order valence-electron chi connectivity index (χ2n) is 6.12. The monoisotopic (exact) mass is 420 g/mol. The largest absolute Gasteiger partial charge is 0.398 e. The highest BCUT2D eigenvalue weighted by Crippen LogP contribution is 2.30. The predicted octanol–water partition coefficient (Wildman–Crippen LogP) is 4.49. The van der Waals surface area contributed by atoms with E-state index < -0.39 is 11.0 Å². The molecule has 5 nitrogen and oxygen atoms in total. The van der Waals surface area contributed by atoms with Gasteiger partial charge in [0.05, 0.1) is 21.2 Å². The molecule has 0 aliphatic carbocycles. The summed E-state index contributed by atoms with van der Waals surface area (Å²) in [6.07, 6.45) is 2.55. The second kappa shape index (κ2) is 8.32. The van der Waals surface area contributed by atoms with Gasteiger partial charge in [-0.3, -0.25) is 0 Å². The van der Waals surface area contributed by atoms with Gasteiger partial charge in [0.25, 0.3) is 0 Å². The van der Waals surface area contributed by atoms with E-state index in [-0.39, 0.29) is 16.8 Å². The third-order valence-electron chi connectivity index (χ3n) is 4.32. The molecule has 2 aromatic carbocycles. The molecule has 3 aromatic rings. The minimum atomic E-state index is -1.59. The number of anilines is 1. The first-order valence-corrected chi connectivity index (χ1v) is 10.3. The van der Waals surface area contributed by atoms with Gasteiger partial charge in [-0.1, -0.05) is 48.3 Å². The molecular weight excluding hydrogens is 403 g/mol. The van der Waals surface area contributed by atoms with E-state index in [1.807, 2.05) is 42.0 Å². The third kappa shape index (κ3) is 4.12. The van der Waals surface area contributed by atoms with Gasteiger partial charge in [-0.15, -0.1) is 0 Å². The Labute approximate surface area is 170 Å². The van der Waals surface area contributed by atoms with Crippen LogP contribution in [-0.2, 0) is 17.5 Å². The molecule has 0 bridgehead atoms. The van der Waals surface area contributed by atoms with E-state index in [9.17, 15) is 9.47 Å². The molecule has 0 spiro atoms. The van der Waals surface area contributed by atoms with Gasteiger partial charge in [-0.25, -0.2) is 8.93 Å². The van der Waals surface area contributed by atoms with Crippen molar-refractivity contribution in [1.82, 2.24) is 9.29 Å². The van der Waals surface area contributed by atoms with E-state index in [1.54, 1.807) is 0 Å². The lowest BCUT2D eigenvalue weighted by Crippen LogP contribution is -2.34. The summed E-state index contributed by atoms with van der Waals surface area (Å²) in [4.78, 5) is 0.328. The number of nitriles is 1. The number of fused-ring (bicyclic) bond motifs is 1. The number of nitrogens with two attached hydrogens (primary N) is 1. The highest BCUT2D eigenvalue weighted by Gasteiger charge is 2.19. The van der Waals surface area contributed by atoms with Crippen molar-refractivity contribution < 1.29 is 4.21 Å². The molecular formula is C19H18Cl2N4OS. The maximum atomic E-state index is 12.8. The van der Waals surface area contributed by atoms with Crippen molar-refractivity contribution >= 4 is 50.8 Å². The van der Waals surface area contributed by atoms with Crippen LogP contribution in [0, 0.1) is 11.3 Å². The molecule has 0 fully saturated rings. The van der Waals surface area contributed by atoms with E-state index in [2.05, 4.69) is 10.8 Å². The van der Waals surface area contributed by atoms with Gasteiger partial charge in [0.2, 0.25) is 0 Å². The first-order chi connectivity index (χ1) is 12.9. The summed E-state index contributed by atoms with van der Waals surface area (Å²) in [6, 6.07) is 12.9. The molecule has 3 N–H and O–H groups in total. The van der Waals surface area contributed by atoms with Crippen LogP contribution in [0.1, 0.15) is 18.9 Å². The molecule has 0 saturated carbocycles. The number of para-hydroxylation sites is 1. The van der Waals surface area contributed by atoms with Gasteiger partial charge in [0.15, 0.2) is 0 Å². The molecule has 0 radical (unpaired) electrons. The van der Waals surface area contributed by atoms with Crippen LogP contribution < -0.4 is 10.5 Å². The van der Waals surface area contributed by atoms with Crippen molar-refractivity contribution in [3.05, 3.63) is 58.2 Å². The van der Waals surface area contributed by atoms with Crippen molar-refractivity contribution in [2.45, 2.75) is 30.8 Å². The van der Waals surface area contributed by atoms with E-state index >= 15 is 0 Å². The van der Waals surface area contributed by atoms with Gasteiger partial charge in [0, 0.05) is 34.7 Å². The lowest BCUT2D eigenvalue weighted by atomic mass is 10.2. The summed E-state index contributed by atoms with van der Waals surface area (Å²) in [7, 11) is -1.59. The van der Waals surface area contributed by atoms with E-state index in [0.717, 1.165) is 17.3 Å². The molecule has 1 aromatic heterocycles. The van der Waals surface area contributed by atoms with Crippen molar-refractivity contribution in [1.29, 1.82) is 5.26 Å². The average molecular weight is 421 g/mol. The van der Waals surface area contributed by atoms with Crippen LogP contribution in [0.15, 0.2) is 47.5 Å². The molecule has 8 heteroatoms. The van der Waals surface area contributed by atoms with E-state index in [1.165, 1.54) is 12.1 Å². The van der Waals surface area contributed by atoms with Crippen LogP contribution in [0.25, 0.3) is 10.9 Å². The maximum Gasteiger partial charge on any atom is 0.128 e.